The van der Waals surface area contributed by atoms with Gasteiger partial charge in [0.1, 0.15) is 5.82 Å². The third-order valence-electron chi connectivity index (χ3n) is 5.43. The lowest BCUT2D eigenvalue weighted by molar-refractivity contribution is 0.0953. The Morgan fingerprint density at radius 3 is 3.12 bits per heavy atom. The molecule has 7 heteroatoms. The van der Waals surface area contributed by atoms with E-state index in [4.69, 9.17) is 0 Å². The highest BCUT2D eigenvalue weighted by Crippen LogP contribution is 2.36. The van der Waals surface area contributed by atoms with Gasteiger partial charge in [0.15, 0.2) is 5.82 Å². The average molecular weight is 374 g/mol. The van der Waals surface area contributed by atoms with Gasteiger partial charge in [0, 0.05) is 23.9 Å². The molecule has 0 aromatic carbocycles. The predicted molar refractivity (Wildman–Crippen MR) is 102 cm³/mol. The monoisotopic (exact) mass is 373 g/mol. The van der Waals surface area contributed by atoms with Crippen molar-refractivity contribution in [1.29, 1.82) is 0 Å². The van der Waals surface area contributed by atoms with Gasteiger partial charge in [-0.3, -0.25) is 9.69 Å². The number of aryl methyl sites for hydroxylation is 1. The molecule has 4 rings (SSSR count). The fraction of sp³-hybridized carbons (Fsp3) is 0.632. The Balaban J connectivity index is 1.37. The number of likely N-dealkylation sites (tertiary alicyclic amines) is 1. The number of amides is 1. The summed E-state index contributed by atoms with van der Waals surface area (Å²) in [6.07, 6.45) is 7.05. The minimum atomic E-state index is -0.00491. The van der Waals surface area contributed by atoms with Crippen LogP contribution in [0.15, 0.2) is 12.1 Å². The smallest absolute Gasteiger partial charge is 0.261 e. The molecule has 0 bridgehead atoms. The molecular weight excluding hydrogens is 346 g/mol. The number of hydrogen-bond donors (Lipinski definition) is 1. The van der Waals surface area contributed by atoms with Gasteiger partial charge in [-0.2, -0.15) is 0 Å². The lowest BCUT2D eigenvalue weighted by atomic mass is 10.2. The number of nitrogens with one attached hydrogen (secondary N) is 1. The second-order valence-electron chi connectivity index (χ2n) is 7.22. The zero-order valence-electron chi connectivity index (χ0n) is 15.4. The van der Waals surface area contributed by atoms with E-state index in [1.807, 2.05) is 6.07 Å². The summed E-state index contributed by atoms with van der Waals surface area (Å²) in [7, 11) is 0. The van der Waals surface area contributed by atoms with E-state index in [0.717, 1.165) is 35.9 Å². The van der Waals surface area contributed by atoms with E-state index < -0.39 is 0 Å². The van der Waals surface area contributed by atoms with Gasteiger partial charge in [-0.15, -0.1) is 21.5 Å². The van der Waals surface area contributed by atoms with E-state index in [1.165, 1.54) is 43.6 Å². The van der Waals surface area contributed by atoms with Crippen LogP contribution in [0, 0.1) is 0 Å². The molecule has 0 radical (unpaired) electrons. The first-order chi connectivity index (χ1) is 12.8. The molecule has 26 heavy (non-hydrogen) atoms. The van der Waals surface area contributed by atoms with Crippen LogP contribution in [0.25, 0.3) is 0 Å². The zero-order chi connectivity index (χ0) is 17.9. The van der Waals surface area contributed by atoms with E-state index in [-0.39, 0.29) is 5.91 Å². The number of carbonyl (C=O) groups is 1. The van der Waals surface area contributed by atoms with Gasteiger partial charge < -0.3 is 9.88 Å². The third-order valence-corrected chi connectivity index (χ3v) is 6.62. The van der Waals surface area contributed by atoms with Crippen molar-refractivity contribution in [2.75, 3.05) is 13.1 Å². The summed E-state index contributed by atoms with van der Waals surface area (Å²) in [6, 6.07) is 4.61. The number of unbranched alkanes of at least 4 members (excludes halogenated alkanes) is 1. The third kappa shape index (κ3) is 3.55. The summed E-state index contributed by atoms with van der Waals surface area (Å²) in [6.45, 7) is 6.00. The van der Waals surface area contributed by atoms with Gasteiger partial charge in [0.25, 0.3) is 5.91 Å². The minimum Gasteiger partial charge on any atom is -0.344 e. The Hall–Kier alpha value is -1.73. The predicted octanol–water partition coefficient (Wildman–Crippen LogP) is 3.15. The normalized spacial score (nSPS) is 19.8. The summed E-state index contributed by atoms with van der Waals surface area (Å²) in [5, 5.41) is 11.4. The molecule has 1 saturated heterocycles. The van der Waals surface area contributed by atoms with E-state index >= 15 is 0 Å². The van der Waals surface area contributed by atoms with Gasteiger partial charge in [0.2, 0.25) is 0 Å². The van der Waals surface area contributed by atoms with E-state index in [9.17, 15) is 4.79 Å². The molecule has 0 spiro atoms. The highest BCUT2D eigenvalue weighted by molar-refractivity contribution is 7.14. The number of rotatable bonds is 7. The molecule has 0 aliphatic carbocycles. The van der Waals surface area contributed by atoms with Gasteiger partial charge in [-0.1, -0.05) is 13.3 Å². The largest absolute Gasteiger partial charge is 0.344 e. The van der Waals surface area contributed by atoms with Crippen LogP contribution in [0.4, 0.5) is 0 Å². The van der Waals surface area contributed by atoms with Crippen molar-refractivity contribution in [2.45, 2.75) is 64.6 Å². The van der Waals surface area contributed by atoms with Crippen LogP contribution in [0.2, 0.25) is 0 Å². The Kier molecular flexibility index (Phi) is 5.36. The zero-order valence-corrected chi connectivity index (χ0v) is 16.2. The molecule has 0 unspecified atom stereocenters. The number of nitrogens with zero attached hydrogens (tertiary/aromatic N) is 4. The van der Waals surface area contributed by atoms with Crippen molar-refractivity contribution in [3.05, 3.63) is 33.5 Å². The van der Waals surface area contributed by atoms with Gasteiger partial charge in [-0.25, -0.2) is 0 Å². The molecule has 1 atom stereocenters. The van der Waals surface area contributed by atoms with E-state index in [0.29, 0.717) is 12.6 Å². The molecule has 2 aliphatic heterocycles. The van der Waals surface area contributed by atoms with Crippen molar-refractivity contribution in [2.24, 2.45) is 0 Å². The van der Waals surface area contributed by atoms with Crippen molar-refractivity contribution in [3.8, 4) is 0 Å². The Bertz CT molecular complexity index is 768. The van der Waals surface area contributed by atoms with Gasteiger partial charge in [-0.05, 0) is 50.9 Å². The molecule has 1 N–H and O–H groups in total. The lowest BCUT2D eigenvalue weighted by Gasteiger charge is -2.23. The molecular formula is C19H27N5OS. The van der Waals surface area contributed by atoms with Crippen molar-refractivity contribution >= 4 is 17.2 Å². The van der Waals surface area contributed by atoms with Crippen molar-refractivity contribution in [1.82, 2.24) is 25.0 Å². The second kappa shape index (κ2) is 7.88. The molecule has 0 saturated carbocycles. The number of hydrogen-bond acceptors (Lipinski definition) is 5. The molecule has 2 aliphatic rings. The highest BCUT2D eigenvalue weighted by atomic mass is 32.1. The average Bonchev–Trinajstić information content (AvgIpc) is 3.42. The Morgan fingerprint density at radius 2 is 2.23 bits per heavy atom. The maximum absolute atomic E-state index is 12.6. The molecule has 2 aromatic heterocycles. The first-order valence-electron chi connectivity index (χ1n) is 9.79. The van der Waals surface area contributed by atoms with Crippen LogP contribution in [0.3, 0.4) is 0 Å². The first-order valence-corrected chi connectivity index (χ1v) is 10.6. The summed E-state index contributed by atoms with van der Waals surface area (Å²) in [4.78, 5) is 17.3. The molecule has 6 nitrogen and oxygen atoms in total. The molecule has 4 heterocycles. The fourth-order valence-corrected chi connectivity index (χ4v) is 5.11. The number of thiophene rings is 1. The molecule has 1 fully saturated rings. The minimum absolute atomic E-state index is 0.00491. The Labute approximate surface area is 158 Å². The fourth-order valence-electron chi connectivity index (χ4n) is 4.02. The summed E-state index contributed by atoms with van der Waals surface area (Å²) in [5.41, 5.74) is 0. The summed E-state index contributed by atoms with van der Waals surface area (Å²) in [5.74, 6) is 1.90. The van der Waals surface area contributed by atoms with Crippen molar-refractivity contribution in [3.63, 3.8) is 0 Å². The maximum atomic E-state index is 12.6. The van der Waals surface area contributed by atoms with Gasteiger partial charge in [0.05, 0.1) is 11.4 Å². The van der Waals surface area contributed by atoms with Crippen LogP contribution in [0.5, 0.6) is 0 Å². The van der Waals surface area contributed by atoms with E-state index in [2.05, 4.69) is 38.0 Å². The summed E-state index contributed by atoms with van der Waals surface area (Å²) >= 11 is 1.64. The van der Waals surface area contributed by atoms with Crippen LogP contribution in [-0.2, 0) is 19.5 Å². The second-order valence-corrected chi connectivity index (χ2v) is 8.34. The summed E-state index contributed by atoms with van der Waals surface area (Å²) < 4.78 is 2.13. The molecule has 140 valence electrons. The maximum Gasteiger partial charge on any atom is 0.261 e. The standard InChI is InChI=1S/C19H27N5OS/c1-2-3-10-23-11-4-6-14(23)15-8-9-16(26-15)19(25)20-13-18-22-21-17-7-5-12-24(17)18/h8-9,14H,2-7,10-13H2,1H3,(H,20,25)/t14-/m0/s1. The number of aromatic nitrogens is 3. The van der Waals surface area contributed by atoms with Crippen LogP contribution in [-0.4, -0.2) is 38.7 Å². The first kappa shape index (κ1) is 17.7. The number of fused-ring (bicyclic) bond motifs is 1. The van der Waals surface area contributed by atoms with Crippen LogP contribution in [0.1, 0.15) is 71.3 Å². The quantitative estimate of drug-likeness (QED) is 0.810. The molecule has 2 aromatic rings. The van der Waals surface area contributed by atoms with E-state index in [1.54, 1.807) is 11.3 Å². The highest BCUT2D eigenvalue weighted by Gasteiger charge is 2.27. The SMILES string of the molecule is CCCCN1CCC[C@H]1c1ccc(C(=O)NCc2nnc3n2CCC3)s1. The molecule has 1 amide bonds. The van der Waals surface area contributed by atoms with Gasteiger partial charge >= 0.3 is 0 Å². The number of carbonyl (C=O) groups excluding carboxylic acids is 1. The van der Waals surface area contributed by atoms with Crippen molar-refractivity contribution < 1.29 is 4.79 Å². The topological polar surface area (TPSA) is 63.1 Å². The van der Waals surface area contributed by atoms with Crippen LogP contribution >= 0.6 is 11.3 Å². The Morgan fingerprint density at radius 1 is 1.31 bits per heavy atom. The van der Waals surface area contributed by atoms with Crippen LogP contribution < -0.4 is 5.32 Å². The lowest BCUT2D eigenvalue weighted by Crippen LogP contribution is -2.24.